The maximum absolute atomic E-state index is 13.2. The van der Waals surface area contributed by atoms with Gasteiger partial charge < -0.3 is 14.4 Å². The Labute approximate surface area is 127 Å². The van der Waals surface area contributed by atoms with Gasteiger partial charge in [-0.15, -0.1) is 0 Å². The van der Waals surface area contributed by atoms with Crippen molar-refractivity contribution in [3.05, 3.63) is 23.9 Å². The fourth-order valence-corrected chi connectivity index (χ4v) is 2.62. The van der Waals surface area contributed by atoms with Crippen molar-refractivity contribution in [2.45, 2.75) is 31.3 Å². The number of rotatable bonds is 3. The van der Waals surface area contributed by atoms with Crippen molar-refractivity contribution >= 4 is 5.91 Å². The zero-order chi connectivity index (χ0) is 15.6. The predicted octanol–water partition coefficient (Wildman–Crippen LogP) is 2.12. The molecule has 22 heavy (non-hydrogen) atoms. The van der Waals surface area contributed by atoms with Crippen LogP contribution in [0.25, 0.3) is 0 Å². The van der Waals surface area contributed by atoms with Gasteiger partial charge in [-0.1, -0.05) is 0 Å². The lowest BCUT2D eigenvalue weighted by molar-refractivity contribution is -0.0494. The molecular weight excluding hydrogens is 294 g/mol. The number of hydrogen-bond acceptors (Lipinski definition) is 4. The lowest BCUT2D eigenvalue weighted by Gasteiger charge is -2.32. The van der Waals surface area contributed by atoms with Crippen LogP contribution in [0.15, 0.2) is 18.3 Å². The van der Waals surface area contributed by atoms with E-state index in [0.29, 0.717) is 18.8 Å². The number of carbonyl (C=O) groups excluding carboxylic acids is 1. The lowest BCUT2D eigenvalue weighted by atomic mass is 10.1. The molecule has 2 aliphatic rings. The highest BCUT2D eigenvalue weighted by molar-refractivity contribution is 5.96. The second-order valence-corrected chi connectivity index (χ2v) is 5.61. The molecule has 2 aliphatic heterocycles. The third-order valence-electron chi connectivity index (χ3n) is 3.95. The number of pyridine rings is 1. The highest BCUT2D eigenvalue weighted by Crippen LogP contribution is 2.29. The summed E-state index contributed by atoms with van der Waals surface area (Å²) in [5.41, 5.74) is 0.319. The normalized spacial score (nSPS) is 24.3. The van der Waals surface area contributed by atoms with E-state index in [1.165, 1.54) is 4.90 Å². The molecule has 0 aromatic carbocycles. The highest BCUT2D eigenvalue weighted by atomic mass is 19.3. The summed E-state index contributed by atoms with van der Waals surface area (Å²) in [5.74, 6) is -2.73. The summed E-state index contributed by atoms with van der Waals surface area (Å²) in [6, 6.07) is 3.26. The average Bonchev–Trinajstić information content (AvgIpc) is 3.00. The number of alkyl halides is 2. The smallest absolute Gasteiger partial charge is 0.259 e. The molecule has 2 saturated heterocycles. The SMILES string of the molecule is O=C(c1cccnc1O[C@@H]1CCOC1)N1CCC(F)(F)CC1. The van der Waals surface area contributed by atoms with Crippen molar-refractivity contribution in [3.8, 4) is 5.88 Å². The van der Waals surface area contributed by atoms with Gasteiger partial charge in [0.15, 0.2) is 0 Å². The fourth-order valence-electron chi connectivity index (χ4n) is 2.62. The van der Waals surface area contributed by atoms with E-state index in [1.807, 2.05) is 0 Å². The highest BCUT2D eigenvalue weighted by Gasteiger charge is 2.36. The Morgan fingerprint density at radius 1 is 1.41 bits per heavy atom. The third-order valence-corrected chi connectivity index (χ3v) is 3.95. The van der Waals surface area contributed by atoms with Crippen molar-refractivity contribution in [1.82, 2.24) is 9.88 Å². The van der Waals surface area contributed by atoms with E-state index in [0.717, 1.165) is 6.42 Å². The van der Waals surface area contributed by atoms with Gasteiger partial charge in [-0.25, -0.2) is 13.8 Å². The van der Waals surface area contributed by atoms with Crippen LogP contribution < -0.4 is 4.74 Å². The molecule has 0 aliphatic carbocycles. The number of nitrogens with zero attached hydrogens (tertiary/aromatic N) is 2. The van der Waals surface area contributed by atoms with Crippen molar-refractivity contribution in [1.29, 1.82) is 0 Å². The summed E-state index contributed by atoms with van der Waals surface area (Å²) < 4.78 is 37.4. The minimum Gasteiger partial charge on any atom is -0.471 e. The van der Waals surface area contributed by atoms with Gasteiger partial charge in [0.1, 0.15) is 11.7 Å². The molecule has 0 spiro atoms. The number of aromatic nitrogens is 1. The van der Waals surface area contributed by atoms with Crippen molar-refractivity contribution < 1.29 is 23.0 Å². The molecule has 1 aromatic rings. The van der Waals surface area contributed by atoms with Crippen LogP contribution in [-0.4, -0.2) is 54.1 Å². The molecule has 1 amide bonds. The van der Waals surface area contributed by atoms with E-state index in [-0.39, 0.29) is 43.8 Å². The molecule has 3 rings (SSSR count). The lowest BCUT2D eigenvalue weighted by Crippen LogP contribution is -2.43. The number of hydrogen-bond donors (Lipinski definition) is 0. The summed E-state index contributed by atoms with van der Waals surface area (Å²) in [5, 5.41) is 0. The molecule has 1 aromatic heterocycles. The molecule has 0 N–H and O–H groups in total. The van der Waals surface area contributed by atoms with E-state index in [2.05, 4.69) is 4.98 Å². The first kappa shape index (κ1) is 15.1. The van der Waals surface area contributed by atoms with E-state index in [9.17, 15) is 13.6 Å². The van der Waals surface area contributed by atoms with E-state index < -0.39 is 5.92 Å². The van der Waals surface area contributed by atoms with Crippen molar-refractivity contribution in [2.75, 3.05) is 26.3 Å². The quantitative estimate of drug-likeness (QED) is 0.858. The largest absolute Gasteiger partial charge is 0.471 e. The zero-order valence-electron chi connectivity index (χ0n) is 12.1. The molecule has 2 fully saturated rings. The Balaban J connectivity index is 1.72. The van der Waals surface area contributed by atoms with Crippen LogP contribution in [0.2, 0.25) is 0 Å². The van der Waals surface area contributed by atoms with Crippen LogP contribution in [0.5, 0.6) is 5.88 Å². The molecule has 0 unspecified atom stereocenters. The molecule has 120 valence electrons. The van der Waals surface area contributed by atoms with Crippen LogP contribution in [-0.2, 0) is 4.74 Å². The van der Waals surface area contributed by atoms with Crippen LogP contribution in [0.3, 0.4) is 0 Å². The van der Waals surface area contributed by atoms with Gasteiger partial charge in [0, 0.05) is 38.5 Å². The van der Waals surface area contributed by atoms with Gasteiger partial charge in [-0.05, 0) is 12.1 Å². The van der Waals surface area contributed by atoms with Crippen molar-refractivity contribution in [2.24, 2.45) is 0 Å². The van der Waals surface area contributed by atoms with Crippen LogP contribution >= 0.6 is 0 Å². The van der Waals surface area contributed by atoms with Gasteiger partial charge in [0.25, 0.3) is 11.8 Å². The minimum absolute atomic E-state index is 0.0483. The molecule has 3 heterocycles. The minimum atomic E-state index is -2.67. The summed E-state index contributed by atoms with van der Waals surface area (Å²) in [6.07, 6.45) is 1.58. The first-order valence-corrected chi connectivity index (χ1v) is 7.42. The summed E-state index contributed by atoms with van der Waals surface area (Å²) >= 11 is 0. The maximum Gasteiger partial charge on any atom is 0.259 e. The standard InChI is InChI=1S/C15H18F2N2O3/c16-15(17)4-7-19(8-5-15)14(20)12-2-1-6-18-13(12)22-11-3-9-21-10-11/h1-2,6,11H,3-5,7-10H2/t11-/m1/s1. The Hall–Kier alpha value is -1.76. The Morgan fingerprint density at radius 3 is 2.86 bits per heavy atom. The number of amides is 1. The predicted molar refractivity (Wildman–Crippen MR) is 74.2 cm³/mol. The number of piperidine rings is 1. The van der Waals surface area contributed by atoms with Gasteiger partial charge in [0.2, 0.25) is 5.88 Å². The average molecular weight is 312 g/mol. The van der Waals surface area contributed by atoms with Crippen LogP contribution in [0.4, 0.5) is 8.78 Å². The van der Waals surface area contributed by atoms with Crippen LogP contribution in [0, 0.1) is 0 Å². The van der Waals surface area contributed by atoms with E-state index in [4.69, 9.17) is 9.47 Å². The Bertz CT molecular complexity index is 537. The molecule has 7 heteroatoms. The topological polar surface area (TPSA) is 51.7 Å². The Kier molecular flexibility index (Phi) is 4.24. The molecule has 0 saturated carbocycles. The van der Waals surface area contributed by atoms with Gasteiger partial charge >= 0.3 is 0 Å². The number of halogens is 2. The van der Waals surface area contributed by atoms with Gasteiger partial charge in [0.05, 0.1) is 13.2 Å². The summed E-state index contributed by atoms with van der Waals surface area (Å²) in [7, 11) is 0. The fraction of sp³-hybridized carbons (Fsp3) is 0.600. The second kappa shape index (κ2) is 6.16. The maximum atomic E-state index is 13.2. The molecular formula is C15H18F2N2O3. The molecule has 0 bridgehead atoms. The number of carbonyl (C=O) groups is 1. The first-order chi connectivity index (χ1) is 10.6. The molecule has 1 atom stereocenters. The number of likely N-dealkylation sites (tertiary alicyclic amines) is 1. The summed E-state index contributed by atoms with van der Waals surface area (Å²) in [6.45, 7) is 1.20. The first-order valence-electron chi connectivity index (χ1n) is 7.42. The van der Waals surface area contributed by atoms with Gasteiger partial charge in [-0.2, -0.15) is 0 Å². The number of ether oxygens (including phenoxy) is 2. The summed E-state index contributed by atoms with van der Waals surface area (Å²) in [4.78, 5) is 18.1. The zero-order valence-corrected chi connectivity index (χ0v) is 12.1. The van der Waals surface area contributed by atoms with E-state index >= 15 is 0 Å². The third kappa shape index (κ3) is 3.35. The monoisotopic (exact) mass is 312 g/mol. The van der Waals surface area contributed by atoms with Crippen LogP contribution in [0.1, 0.15) is 29.6 Å². The Morgan fingerprint density at radius 2 is 2.18 bits per heavy atom. The molecule has 0 radical (unpaired) electrons. The van der Waals surface area contributed by atoms with E-state index in [1.54, 1.807) is 18.3 Å². The second-order valence-electron chi connectivity index (χ2n) is 5.61. The van der Waals surface area contributed by atoms with Gasteiger partial charge in [-0.3, -0.25) is 4.79 Å². The van der Waals surface area contributed by atoms with Crippen molar-refractivity contribution in [3.63, 3.8) is 0 Å². The molecule has 5 nitrogen and oxygen atoms in total.